The van der Waals surface area contributed by atoms with Crippen molar-refractivity contribution in [2.24, 2.45) is 0 Å². The van der Waals surface area contributed by atoms with Gasteiger partial charge >= 0.3 is 5.97 Å². The first-order valence-electron chi connectivity index (χ1n) is 6.11. The first-order chi connectivity index (χ1) is 7.69. The fourth-order valence-electron chi connectivity index (χ4n) is 1.64. The van der Waals surface area contributed by atoms with Crippen molar-refractivity contribution in [3.63, 3.8) is 0 Å². The van der Waals surface area contributed by atoms with Crippen LogP contribution >= 0.6 is 0 Å². The van der Waals surface area contributed by atoms with Gasteiger partial charge in [-0.25, -0.2) is 0 Å². The molecule has 0 aliphatic rings. The van der Waals surface area contributed by atoms with E-state index in [2.05, 4.69) is 12.2 Å². The van der Waals surface area contributed by atoms with Gasteiger partial charge in [0.1, 0.15) is 6.04 Å². The van der Waals surface area contributed by atoms with E-state index in [-0.39, 0.29) is 18.1 Å². The van der Waals surface area contributed by atoms with Gasteiger partial charge < -0.3 is 9.47 Å². The Morgan fingerprint density at radius 1 is 1.31 bits per heavy atom. The van der Waals surface area contributed by atoms with E-state index in [1.807, 2.05) is 13.8 Å². The lowest BCUT2D eigenvalue weighted by Gasteiger charge is -2.23. The molecule has 0 rings (SSSR count). The molecule has 2 unspecified atom stereocenters. The summed E-state index contributed by atoms with van der Waals surface area (Å²) in [5.74, 6) is -0.165. The van der Waals surface area contributed by atoms with Crippen LogP contribution in [-0.2, 0) is 14.3 Å². The quantitative estimate of drug-likeness (QED) is 0.614. The monoisotopic (exact) mass is 231 g/mol. The Bertz CT molecular complexity index is 179. The summed E-state index contributed by atoms with van der Waals surface area (Å²) in [7, 11) is 1.68. The molecule has 1 N–H and O–H groups in total. The van der Waals surface area contributed by atoms with Gasteiger partial charge in [0.05, 0.1) is 13.2 Å². The van der Waals surface area contributed by atoms with Gasteiger partial charge in [0.2, 0.25) is 0 Å². The van der Waals surface area contributed by atoms with Crippen molar-refractivity contribution in [2.75, 3.05) is 20.3 Å². The highest BCUT2D eigenvalue weighted by atomic mass is 16.5. The molecule has 4 nitrogen and oxygen atoms in total. The normalized spacial score (nSPS) is 14.5. The first-order valence-corrected chi connectivity index (χ1v) is 6.11. The molecule has 2 atom stereocenters. The van der Waals surface area contributed by atoms with Gasteiger partial charge in [-0.1, -0.05) is 20.3 Å². The fourth-order valence-corrected chi connectivity index (χ4v) is 1.64. The van der Waals surface area contributed by atoms with Gasteiger partial charge in [0, 0.05) is 13.2 Å². The second-order valence-electron chi connectivity index (χ2n) is 3.82. The van der Waals surface area contributed by atoms with E-state index >= 15 is 0 Å². The van der Waals surface area contributed by atoms with Crippen molar-refractivity contribution in [3.05, 3.63) is 0 Å². The predicted octanol–water partition coefficient (Wildman–Crippen LogP) is 1.73. The molecule has 0 heterocycles. The van der Waals surface area contributed by atoms with E-state index in [1.54, 1.807) is 7.11 Å². The van der Waals surface area contributed by atoms with Crippen molar-refractivity contribution >= 4 is 5.97 Å². The molecule has 0 spiro atoms. The lowest BCUT2D eigenvalue weighted by Crippen LogP contribution is -2.45. The molecule has 0 amide bonds. The maximum Gasteiger partial charge on any atom is 0.323 e. The summed E-state index contributed by atoms with van der Waals surface area (Å²) >= 11 is 0. The molecule has 0 saturated heterocycles. The zero-order valence-electron chi connectivity index (χ0n) is 10.9. The Hall–Kier alpha value is -0.610. The average Bonchev–Trinajstić information content (AvgIpc) is 2.26. The Balaban J connectivity index is 4.18. The molecule has 0 aromatic rings. The number of esters is 1. The second kappa shape index (κ2) is 9.60. The van der Waals surface area contributed by atoms with Crippen LogP contribution in [0.25, 0.3) is 0 Å². The lowest BCUT2D eigenvalue weighted by molar-refractivity contribution is -0.146. The van der Waals surface area contributed by atoms with E-state index in [0.29, 0.717) is 13.2 Å². The highest BCUT2D eigenvalue weighted by molar-refractivity contribution is 5.75. The summed E-state index contributed by atoms with van der Waals surface area (Å²) in [4.78, 5) is 11.6. The highest BCUT2D eigenvalue weighted by Crippen LogP contribution is 2.03. The summed E-state index contributed by atoms with van der Waals surface area (Å²) in [5, 5.41) is 3.29. The van der Waals surface area contributed by atoms with Crippen LogP contribution in [0.4, 0.5) is 0 Å². The molecule has 4 heteroatoms. The van der Waals surface area contributed by atoms with Crippen molar-refractivity contribution in [1.82, 2.24) is 5.32 Å². The van der Waals surface area contributed by atoms with Gasteiger partial charge in [-0.2, -0.15) is 0 Å². The summed E-state index contributed by atoms with van der Waals surface area (Å²) < 4.78 is 10.1. The Morgan fingerprint density at radius 3 is 2.44 bits per heavy atom. The van der Waals surface area contributed by atoms with Gasteiger partial charge in [-0.3, -0.25) is 10.1 Å². The first kappa shape index (κ1) is 15.4. The maximum absolute atomic E-state index is 11.6. The summed E-state index contributed by atoms with van der Waals surface area (Å²) in [6, 6.07) is 0.0102. The second-order valence-corrected chi connectivity index (χ2v) is 3.82. The Labute approximate surface area is 98.7 Å². The zero-order valence-corrected chi connectivity index (χ0v) is 10.9. The summed E-state index contributed by atoms with van der Waals surface area (Å²) in [6.45, 7) is 6.98. The SMILES string of the molecule is CCCC(COC)NC(CC)C(=O)OCC. The zero-order chi connectivity index (χ0) is 12.4. The number of ether oxygens (including phenoxy) is 2. The Morgan fingerprint density at radius 2 is 2.00 bits per heavy atom. The minimum atomic E-state index is -0.216. The maximum atomic E-state index is 11.6. The van der Waals surface area contributed by atoms with E-state index in [9.17, 15) is 4.79 Å². The van der Waals surface area contributed by atoms with Crippen LogP contribution in [0.5, 0.6) is 0 Å². The third kappa shape index (κ3) is 6.08. The van der Waals surface area contributed by atoms with Gasteiger partial charge in [-0.15, -0.1) is 0 Å². The van der Waals surface area contributed by atoms with Crippen LogP contribution in [0, 0.1) is 0 Å². The van der Waals surface area contributed by atoms with Crippen LogP contribution in [0.1, 0.15) is 40.0 Å². The number of carbonyl (C=O) groups excluding carboxylic acids is 1. The van der Waals surface area contributed by atoms with Crippen molar-refractivity contribution in [2.45, 2.75) is 52.1 Å². The molecule has 0 aromatic heterocycles. The number of hydrogen-bond donors (Lipinski definition) is 1. The number of hydrogen-bond acceptors (Lipinski definition) is 4. The standard InChI is InChI=1S/C12H25NO3/c1-5-8-10(9-15-4)13-11(6-2)12(14)16-7-3/h10-11,13H,5-9H2,1-4H3. The topological polar surface area (TPSA) is 47.6 Å². The number of nitrogens with one attached hydrogen (secondary N) is 1. The van der Waals surface area contributed by atoms with Crippen LogP contribution in [-0.4, -0.2) is 38.4 Å². The van der Waals surface area contributed by atoms with E-state index in [4.69, 9.17) is 9.47 Å². The van der Waals surface area contributed by atoms with E-state index < -0.39 is 0 Å². The fraction of sp³-hybridized carbons (Fsp3) is 0.917. The summed E-state index contributed by atoms with van der Waals surface area (Å²) in [6.07, 6.45) is 2.81. The van der Waals surface area contributed by atoms with E-state index in [0.717, 1.165) is 19.3 Å². The van der Waals surface area contributed by atoms with Gasteiger partial charge in [-0.05, 0) is 19.8 Å². The van der Waals surface area contributed by atoms with Crippen LogP contribution in [0.15, 0.2) is 0 Å². The third-order valence-corrected chi connectivity index (χ3v) is 2.42. The number of rotatable bonds is 9. The smallest absolute Gasteiger partial charge is 0.323 e. The van der Waals surface area contributed by atoms with Gasteiger partial charge in [0.25, 0.3) is 0 Å². The Kier molecular flexibility index (Phi) is 9.24. The molecule has 16 heavy (non-hydrogen) atoms. The highest BCUT2D eigenvalue weighted by Gasteiger charge is 2.20. The molecule has 0 saturated carbocycles. The molecular formula is C12H25NO3. The molecule has 0 aliphatic carbocycles. The summed E-state index contributed by atoms with van der Waals surface area (Å²) in [5.41, 5.74) is 0. The minimum absolute atomic E-state index is 0.165. The molecular weight excluding hydrogens is 206 g/mol. The lowest BCUT2D eigenvalue weighted by atomic mass is 10.1. The molecule has 0 radical (unpaired) electrons. The molecule has 0 aromatic carbocycles. The van der Waals surface area contributed by atoms with Crippen LogP contribution < -0.4 is 5.32 Å². The molecule has 0 bridgehead atoms. The van der Waals surface area contributed by atoms with Crippen LogP contribution in [0.3, 0.4) is 0 Å². The third-order valence-electron chi connectivity index (χ3n) is 2.42. The average molecular weight is 231 g/mol. The number of methoxy groups -OCH3 is 1. The van der Waals surface area contributed by atoms with Crippen LogP contribution in [0.2, 0.25) is 0 Å². The van der Waals surface area contributed by atoms with Crippen molar-refractivity contribution in [1.29, 1.82) is 0 Å². The molecule has 96 valence electrons. The predicted molar refractivity (Wildman–Crippen MR) is 64.4 cm³/mol. The molecule has 0 aliphatic heterocycles. The van der Waals surface area contributed by atoms with Crippen molar-refractivity contribution in [3.8, 4) is 0 Å². The largest absolute Gasteiger partial charge is 0.465 e. The molecule has 0 fully saturated rings. The number of carbonyl (C=O) groups is 1. The van der Waals surface area contributed by atoms with Crippen molar-refractivity contribution < 1.29 is 14.3 Å². The minimum Gasteiger partial charge on any atom is -0.465 e. The van der Waals surface area contributed by atoms with Gasteiger partial charge in [0.15, 0.2) is 0 Å². The van der Waals surface area contributed by atoms with E-state index in [1.165, 1.54) is 0 Å².